The van der Waals surface area contributed by atoms with Gasteiger partial charge in [0.1, 0.15) is 0 Å². The summed E-state index contributed by atoms with van der Waals surface area (Å²) < 4.78 is 0. The van der Waals surface area contributed by atoms with Crippen molar-refractivity contribution in [2.45, 2.75) is 11.3 Å². The van der Waals surface area contributed by atoms with Crippen LogP contribution in [0.15, 0.2) is 12.1 Å². The van der Waals surface area contributed by atoms with Crippen LogP contribution in [0.4, 0.5) is 0 Å². The van der Waals surface area contributed by atoms with Gasteiger partial charge >= 0.3 is 5.97 Å². The number of carbonyl (C=O) groups is 2. The van der Waals surface area contributed by atoms with Crippen LogP contribution in [0, 0.1) is 0 Å². The first-order valence-corrected chi connectivity index (χ1v) is 5.44. The van der Waals surface area contributed by atoms with Gasteiger partial charge in [0.2, 0.25) is 0 Å². The lowest BCUT2D eigenvalue weighted by Crippen LogP contribution is -2.27. The van der Waals surface area contributed by atoms with E-state index < -0.39 is 10.8 Å². The van der Waals surface area contributed by atoms with E-state index in [2.05, 4.69) is 0 Å². The molecule has 16 heavy (non-hydrogen) atoms. The second kappa shape index (κ2) is 3.62. The number of carboxylic acid groups (broad SMARTS) is 1. The van der Waals surface area contributed by atoms with Gasteiger partial charge in [-0.3, -0.25) is 4.79 Å². The van der Waals surface area contributed by atoms with E-state index in [-0.39, 0.29) is 33.4 Å². The summed E-state index contributed by atoms with van der Waals surface area (Å²) in [5.41, 5.74) is 0.438. The number of carboxylic acids is 1. The van der Waals surface area contributed by atoms with Gasteiger partial charge < -0.3 is 5.11 Å². The first-order valence-electron chi connectivity index (χ1n) is 4.31. The van der Waals surface area contributed by atoms with Gasteiger partial charge in [-0.25, -0.2) is 4.79 Å². The summed E-state index contributed by atoms with van der Waals surface area (Å²) in [6.07, 6.45) is -0.282. The van der Waals surface area contributed by atoms with Crippen LogP contribution < -0.4 is 0 Å². The number of Topliss-reactive ketones (excluding diaryl/α,β-unsaturated/α-hetero) is 1. The van der Waals surface area contributed by atoms with Crippen LogP contribution in [0.3, 0.4) is 0 Å². The molecule has 1 unspecified atom stereocenters. The van der Waals surface area contributed by atoms with Gasteiger partial charge in [-0.1, -0.05) is 23.2 Å². The van der Waals surface area contributed by atoms with Crippen molar-refractivity contribution in [2.24, 2.45) is 0 Å². The summed E-state index contributed by atoms with van der Waals surface area (Å²) in [6, 6.07) is 2.69. The van der Waals surface area contributed by atoms with E-state index >= 15 is 0 Å². The average Bonchev–Trinajstić information content (AvgIpc) is 2.43. The third kappa shape index (κ3) is 1.51. The number of ketones is 1. The fourth-order valence-corrected chi connectivity index (χ4v) is 2.31. The molecule has 0 aromatic heterocycles. The SMILES string of the molecule is O=C1CC(Cl)(C(=O)O)c2cc(Cl)c(Cl)cc21. The Bertz CT molecular complexity index is 512. The third-order valence-electron chi connectivity index (χ3n) is 2.53. The molecule has 6 heteroatoms. The molecule has 1 N–H and O–H groups in total. The lowest BCUT2D eigenvalue weighted by molar-refractivity contribution is -0.140. The molecular weight excluding hydrogens is 274 g/mol. The third-order valence-corrected chi connectivity index (χ3v) is 3.75. The van der Waals surface area contributed by atoms with Gasteiger partial charge in [-0.05, 0) is 17.7 Å². The number of hydrogen-bond donors (Lipinski definition) is 1. The second-order valence-corrected chi connectivity index (χ2v) is 4.98. The molecule has 3 nitrogen and oxygen atoms in total. The molecule has 1 aromatic rings. The predicted octanol–water partition coefficient (Wildman–Crippen LogP) is 3.10. The van der Waals surface area contributed by atoms with Crippen molar-refractivity contribution in [1.29, 1.82) is 0 Å². The number of fused-ring (bicyclic) bond motifs is 1. The van der Waals surface area contributed by atoms with Crippen molar-refractivity contribution in [3.05, 3.63) is 33.3 Å². The summed E-state index contributed by atoms with van der Waals surface area (Å²) in [5, 5.41) is 9.43. The standard InChI is InChI=1S/C10H5Cl3O3/c11-6-1-4-5(2-7(6)12)10(13,9(15)16)3-8(4)14/h1-2H,3H2,(H,15,16). The molecule has 0 radical (unpaired) electrons. The molecule has 1 atom stereocenters. The smallest absolute Gasteiger partial charge is 0.329 e. The topological polar surface area (TPSA) is 54.4 Å². The van der Waals surface area contributed by atoms with E-state index in [0.29, 0.717) is 0 Å². The molecule has 84 valence electrons. The van der Waals surface area contributed by atoms with E-state index in [0.717, 1.165) is 0 Å². The molecule has 0 saturated carbocycles. The molecular formula is C10H5Cl3O3. The molecule has 0 bridgehead atoms. The fourth-order valence-electron chi connectivity index (χ4n) is 1.71. The quantitative estimate of drug-likeness (QED) is 0.804. The molecule has 0 heterocycles. The average molecular weight is 280 g/mol. The molecule has 1 aliphatic carbocycles. The van der Waals surface area contributed by atoms with Crippen LogP contribution >= 0.6 is 34.8 Å². The van der Waals surface area contributed by atoms with Gasteiger partial charge in [0.15, 0.2) is 10.7 Å². The number of carbonyl (C=O) groups excluding carboxylic acids is 1. The van der Waals surface area contributed by atoms with Gasteiger partial charge in [0, 0.05) is 12.0 Å². The van der Waals surface area contributed by atoms with Crippen LogP contribution in [-0.4, -0.2) is 16.9 Å². The molecule has 0 saturated heterocycles. The van der Waals surface area contributed by atoms with Crippen LogP contribution in [-0.2, 0) is 9.67 Å². The molecule has 0 amide bonds. The molecule has 1 aromatic carbocycles. The maximum absolute atomic E-state index is 11.6. The Hall–Kier alpha value is -0.770. The Balaban J connectivity index is 2.71. The highest BCUT2D eigenvalue weighted by molar-refractivity contribution is 6.43. The Morgan fingerprint density at radius 1 is 1.31 bits per heavy atom. The van der Waals surface area contributed by atoms with Crippen molar-refractivity contribution in [1.82, 2.24) is 0 Å². The van der Waals surface area contributed by atoms with Crippen molar-refractivity contribution in [3.8, 4) is 0 Å². The number of alkyl halides is 1. The summed E-state index contributed by atoms with van der Waals surface area (Å²) in [5.74, 6) is -1.61. The van der Waals surface area contributed by atoms with Crippen molar-refractivity contribution >= 4 is 46.6 Å². The normalized spacial score (nSPS) is 23.3. The highest BCUT2D eigenvalue weighted by Gasteiger charge is 2.48. The Morgan fingerprint density at radius 2 is 1.88 bits per heavy atom. The summed E-state index contributed by atoms with van der Waals surface area (Å²) in [6.45, 7) is 0. The highest BCUT2D eigenvalue weighted by Crippen LogP contribution is 2.45. The zero-order valence-electron chi connectivity index (χ0n) is 7.76. The minimum absolute atomic E-state index is 0.182. The van der Waals surface area contributed by atoms with Crippen LogP contribution in [0.5, 0.6) is 0 Å². The Morgan fingerprint density at radius 3 is 2.44 bits per heavy atom. The molecule has 0 spiro atoms. The Kier molecular flexibility index (Phi) is 2.65. The van der Waals surface area contributed by atoms with Crippen LogP contribution in [0.2, 0.25) is 10.0 Å². The molecule has 1 aliphatic rings. The van der Waals surface area contributed by atoms with Crippen molar-refractivity contribution in [3.63, 3.8) is 0 Å². The maximum atomic E-state index is 11.6. The van der Waals surface area contributed by atoms with E-state index in [1.54, 1.807) is 0 Å². The molecule has 2 rings (SSSR count). The van der Waals surface area contributed by atoms with Crippen LogP contribution in [0.1, 0.15) is 22.3 Å². The van der Waals surface area contributed by atoms with E-state index in [4.69, 9.17) is 39.9 Å². The maximum Gasteiger partial charge on any atom is 0.329 e. The first kappa shape index (κ1) is 11.7. The number of rotatable bonds is 1. The van der Waals surface area contributed by atoms with E-state index in [1.165, 1.54) is 12.1 Å². The summed E-state index contributed by atoms with van der Waals surface area (Å²) in [4.78, 5) is 20.9. The van der Waals surface area contributed by atoms with Gasteiger partial charge in [-0.2, -0.15) is 0 Å². The highest BCUT2D eigenvalue weighted by atomic mass is 35.5. The largest absolute Gasteiger partial charge is 0.480 e. The van der Waals surface area contributed by atoms with Crippen molar-refractivity contribution in [2.75, 3.05) is 0 Å². The lowest BCUT2D eigenvalue weighted by Gasteiger charge is -2.16. The number of hydrogen-bond acceptors (Lipinski definition) is 2. The fraction of sp³-hybridized carbons (Fsp3) is 0.200. The number of aliphatic carboxylic acids is 1. The van der Waals surface area contributed by atoms with E-state index in [1.807, 2.05) is 0 Å². The minimum Gasteiger partial charge on any atom is -0.480 e. The van der Waals surface area contributed by atoms with Crippen molar-refractivity contribution < 1.29 is 14.7 Å². The first-order chi connectivity index (χ1) is 7.36. The minimum atomic E-state index is -1.72. The summed E-state index contributed by atoms with van der Waals surface area (Å²) in [7, 11) is 0. The zero-order chi connectivity index (χ0) is 12.1. The van der Waals surface area contributed by atoms with Gasteiger partial charge in [0.05, 0.1) is 10.0 Å². The lowest BCUT2D eigenvalue weighted by atomic mass is 10.0. The predicted molar refractivity (Wildman–Crippen MR) is 60.6 cm³/mol. The molecule has 0 aliphatic heterocycles. The van der Waals surface area contributed by atoms with Gasteiger partial charge in [-0.15, -0.1) is 11.6 Å². The van der Waals surface area contributed by atoms with Crippen LogP contribution in [0.25, 0.3) is 0 Å². The monoisotopic (exact) mass is 278 g/mol. The number of halogens is 3. The van der Waals surface area contributed by atoms with E-state index in [9.17, 15) is 9.59 Å². The number of benzene rings is 1. The summed E-state index contributed by atoms with van der Waals surface area (Å²) >= 11 is 17.5. The van der Waals surface area contributed by atoms with Gasteiger partial charge in [0.25, 0.3) is 0 Å². The molecule has 0 fully saturated rings. The second-order valence-electron chi connectivity index (χ2n) is 3.52. The zero-order valence-corrected chi connectivity index (χ0v) is 10.0. The Labute approximate surface area is 106 Å².